The average molecular weight is 614 g/mol. The van der Waals surface area contributed by atoms with Gasteiger partial charge in [-0.1, -0.05) is 176 Å². The molecule has 0 bridgehead atoms. The van der Waals surface area contributed by atoms with E-state index in [1.807, 2.05) is 42.5 Å². The Morgan fingerprint density at radius 2 is 0.438 bits per heavy atom. The highest BCUT2D eigenvalue weighted by Gasteiger charge is 2.13. The van der Waals surface area contributed by atoms with E-state index in [0.29, 0.717) is 17.5 Å². The fourth-order valence-electron chi connectivity index (χ4n) is 5.99. The van der Waals surface area contributed by atoms with E-state index in [2.05, 4.69) is 146 Å². The summed E-state index contributed by atoms with van der Waals surface area (Å²) in [6.45, 7) is 0. The highest BCUT2D eigenvalue weighted by Crippen LogP contribution is 2.31. The van der Waals surface area contributed by atoms with Crippen LogP contribution >= 0.6 is 0 Å². The largest absolute Gasteiger partial charge is 0.208 e. The summed E-state index contributed by atoms with van der Waals surface area (Å²) in [5.41, 5.74) is 12.2. The summed E-state index contributed by atoms with van der Waals surface area (Å²) in [5, 5.41) is 0. The minimum atomic E-state index is 0.640. The Hall–Kier alpha value is -6.45. The normalized spacial score (nSPS) is 10.9. The lowest BCUT2D eigenvalue weighted by molar-refractivity contribution is 1.07. The van der Waals surface area contributed by atoms with Gasteiger partial charge < -0.3 is 0 Å². The van der Waals surface area contributed by atoms with Gasteiger partial charge in [0.15, 0.2) is 17.5 Å². The molecule has 48 heavy (non-hydrogen) atoms. The third kappa shape index (κ3) is 6.18. The Balaban J connectivity index is 1.14. The molecule has 1 aromatic heterocycles. The van der Waals surface area contributed by atoms with E-state index in [1.54, 1.807) is 0 Å². The molecule has 8 rings (SSSR count). The van der Waals surface area contributed by atoms with Gasteiger partial charge in [-0.3, -0.25) is 0 Å². The zero-order chi connectivity index (χ0) is 32.1. The van der Waals surface area contributed by atoms with Crippen molar-refractivity contribution in [3.05, 3.63) is 188 Å². The monoisotopic (exact) mass is 613 g/mol. The fourth-order valence-corrected chi connectivity index (χ4v) is 5.99. The van der Waals surface area contributed by atoms with Crippen LogP contribution in [0.15, 0.2) is 188 Å². The molecule has 0 radical (unpaired) electrons. The van der Waals surface area contributed by atoms with Crippen LogP contribution in [-0.2, 0) is 0 Å². The summed E-state index contributed by atoms with van der Waals surface area (Å²) in [4.78, 5) is 14.9. The second-order valence-corrected chi connectivity index (χ2v) is 11.7. The molecule has 0 unspecified atom stereocenters. The maximum absolute atomic E-state index is 5.02. The molecule has 0 aliphatic rings. The van der Waals surface area contributed by atoms with Crippen molar-refractivity contribution in [3.8, 4) is 78.7 Å². The molecule has 8 aromatic rings. The van der Waals surface area contributed by atoms with Crippen LogP contribution in [-0.4, -0.2) is 15.0 Å². The van der Waals surface area contributed by atoms with E-state index in [9.17, 15) is 0 Å². The highest BCUT2D eigenvalue weighted by atomic mass is 15.0. The number of hydrogen-bond acceptors (Lipinski definition) is 3. The van der Waals surface area contributed by atoms with Crippen LogP contribution in [0.4, 0.5) is 0 Å². The van der Waals surface area contributed by atoms with E-state index in [0.717, 1.165) is 38.9 Å². The second-order valence-electron chi connectivity index (χ2n) is 11.7. The molecule has 226 valence electrons. The van der Waals surface area contributed by atoms with Gasteiger partial charge in [0.05, 0.1) is 0 Å². The molecule has 3 heteroatoms. The van der Waals surface area contributed by atoms with Crippen LogP contribution in [0.3, 0.4) is 0 Å². The van der Waals surface area contributed by atoms with Crippen molar-refractivity contribution in [3.63, 3.8) is 0 Å². The van der Waals surface area contributed by atoms with Gasteiger partial charge in [-0.15, -0.1) is 0 Å². The second kappa shape index (κ2) is 13.1. The molecule has 0 saturated carbocycles. The SMILES string of the molecule is c1ccc(-c2ccc(-c3cccc(-c4nc(-c5ccccc5)nc(-c5ccc(-c6cccc(-c7ccccc7)c6)cc5)n4)c3)cc2)cc1. The summed E-state index contributed by atoms with van der Waals surface area (Å²) in [6.07, 6.45) is 0. The van der Waals surface area contributed by atoms with Gasteiger partial charge in [-0.25, -0.2) is 15.0 Å². The first-order valence-electron chi connectivity index (χ1n) is 16.1. The van der Waals surface area contributed by atoms with Gasteiger partial charge in [0.2, 0.25) is 0 Å². The van der Waals surface area contributed by atoms with Crippen LogP contribution in [0.2, 0.25) is 0 Å². The molecule has 0 N–H and O–H groups in total. The lowest BCUT2D eigenvalue weighted by atomic mass is 9.98. The third-order valence-electron chi connectivity index (χ3n) is 8.56. The van der Waals surface area contributed by atoms with Gasteiger partial charge in [-0.05, 0) is 56.6 Å². The standard InChI is InChI=1S/C45H31N3/c1-4-12-32(13-5-1)34-22-24-35(25-23-34)41-20-11-21-42(31-41)45-47-43(37-16-8-3-9-17-37)46-44(48-45)38-28-26-36(27-29-38)40-19-10-18-39(30-40)33-14-6-2-7-15-33/h1-31H. The van der Waals surface area contributed by atoms with Crippen molar-refractivity contribution in [1.29, 1.82) is 0 Å². The molecule has 0 aliphatic carbocycles. The van der Waals surface area contributed by atoms with Gasteiger partial charge in [0.1, 0.15) is 0 Å². The smallest absolute Gasteiger partial charge is 0.164 e. The van der Waals surface area contributed by atoms with E-state index in [4.69, 9.17) is 15.0 Å². The predicted octanol–water partition coefficient (Wildman–Crippen LogP) is 11.5. The molecule has 0 aliphatic heterocycles. The van der Waals surface area contributed by atoms with Crippen LogP contribution in [0.25, 0.3) is 78.7 Å². The maximum Gasteiger partial charge on any atom is 0.164 e. The van der Waals surface area contributed by atoms with Crippen molar-refractivity contribution in [2.45, 2.75) is 0 Å². The molecule has 3 nitrogen and oxygen atoms in total. The zero-order valence-corrected chi connectivity index (χ0v) is 26.2. The summed E-state index contributed by atoms with van der Waals surface area (Å²) in [6, 6.07) is 65.3. The Kier molecular flexibility index (Phi) is 7.92. The zero-order valence-electron chi connectivity index (χ0n) is 26.2. The molecular formula is C45H31N3. The van der Waals surface area contributed by atoms with Crippen molar-refractivity contribution in [2.75, 3.05) is 0 Å². The molecule has 7 aromatic carbocycles. The minimum Gasteiger partial charge on any atom is -0.208 e. The fraction of sp³-hybridized carbons (Fsp3) is 0. The number of benzene rings is 7. The van der Waals surface area contributed by atoms with Gasteiger partial charge in [-0.2, -0.15) is 0 Å². The first kappa shape index (κ1) is 29.0. The third-order valence-corrected chi connectivity index (χ3v) is 8.56. The van der Waals surface area contributed by atoms with E-state index in [-0.39, 0.29) is 0 Å². The van der Waals surface area contributed by atoms with Gasteiger partial charge in [0, 0.05) is 16.7 Å². The maximum atomic E-state index is 5.02. The lowest BCUT2D eigenvalue weighted by Gasteiger charge is -2.11. The van der Waals surface area contributed by atoms with Crippen LogP contribution < -0.4 is 0 Å². The van der Waals surface area contributed by atoms with E-state index >= 15 is 0 Å². The summed E-state index contributed by atoms with van der Waals surface area (Å²) in [7, 11) is 0. The quantitative estimate of drug-likeness (QED) is 0.179. The molecule has 0 fully saturated rings. The molecule has 1 heterocycles. The molecule has 0 amide bonds. The molecule has 0 atom stereocenters. The topological polar surface area (TPSA) is 38.7 Å². The van der Waals surface area contributed by atoms with Crippen molar-refractivity contribution >= 4 is 0 Å². The Labute approximate surface area is 280 Å². The van der Waals surface area contributed by atoms with Crippen molar-refractivity contribution < 1.29 is 0 Å². The van der Waals surface area contributed by atoms with E-state index in [1.165, 1.54) is 22.3 Å². The van der Waals surface area contributed by atoms with Crippen molar-refractivity contribution in [2.24, 2.45) is 0 Å². The number of hydrogen-bond donors (Lipinski definition) is 0. The first-order chi connectivity index (χ1) is 23.8. The number of aromatic nitrogens is 3. The molecule has 0 spiro atoms. The Morgan fingerprint density at radius 3 is 0.896 bits per heavy atom. The van der Waals surface area contributed by atoms with Crippen LogP contribution in [0.1, 0.15) is 0 Å². The van der Waals surface area contributed by atoms with E-state index < -0.39 is 0 Å². The predicted molar refractivity (Wildman–Crippen MR) is 198 cm³/mol. The summed E-state index contributed by atoms with van der Waals surface area (Å²) >= 11 is 0. The first-order valence-corrected chi connectivity index (χ1v) is 16.1. The summed E-state index contributed by atoms with van der Waals surface area (Å²) < 4.78 is 0. The lowest BCUT2D eigenvalue weighted by Crippen LogP contribution is -2.00. The Bertz CT molecular complexity index is 2300. The van der Waals surface area contributed by atoms with Crippen LogP contribution in [0.5, 0.6) is 0 Å². The Morgan fingerprint density at radius 1 is 0.188 bits per heavy atom. The number of rotatable bonds is 7. The van der Waals surface area contributed by atoms with Crippen LogP contribution in [0, 0.1) is 0 Å². The highest BCUT2D eigenvalue weighted by molar-refractivity contribution is 5.77. The molecular weight excluding hydrogens is 583 g/mol. The minimum absolute atomic E-state index is 0.640. The van der Waals surface area contributed by atoms with Gasteiger partial charge in [0.25, 0.3) is 0 Å². The average Bonchev–Trinajstić information content (AvgIpc) is 3.19. The number of nitrogens with zero attached hydrogens (tertiary/aromatic N) is 3. The van der Waals surface area contributed by atoms with Crippen molar-refractivity contribution in [1.82, 2.24) is 15.0 Å². The molecule has 0 saturated heterocycles. The summed E-state index contributed by atoms with van der Waals surface area (Å²) in [5.74, 6) is 1.93. The van der Waals surface area contributed by atoms with Gasteiger partial charge >= 0.3 is 0 Å².